The molecule has 21 heavy (non-hydrogen) atoms. The van der Waals surface area contributed by atoms with Crippen molar-refractivity contribution < 1.29 is 4.79 Å². The van der Waals surface area contributed by atoms with Crippen LogP contribution in [0.3, 0.4) is 0 Å². The molecule has 1 aromatic carbocycles. The van der Waals surface area contributed by atoms with Crippen LogP contribution in [-0.2, 0) is 17.8 Å². The Morgan fingerprint density at radius 1 is 1.38 bits per heavy atom. The second-order valence-electron chi connectivity index (χ2n) is 5.51. The molecule has 2 heterocycles. The van der Waals surface area contributed by atoms with Gasteiger partial charge in [-0.1, -0.05) is 24.3 Å². The minimum atomic E-state index is -0.225. The predicted molar refractivity (Wildman–Crippen MR) is 86.5 cm³/mol. The second kappa shape index (κ2) is 6.00. The monoisotopic (exact) mass is 300 g/mol. The van der Waals surface area contributed by atoms with Gasteiger partial charge in [0, 0.05) is 16.3 Å². The zero-order valence-electron chi connectivity index (χ0n) is 12.4. The Hall–Kier alpha value is -1.65. The summed E-state index contributed by atoms with van der Waals surface area (Å²) >= 11 is 1.75. The Balaban J connectivity index is 1.69. The fraction of sp³-hybridized carbons (Fsp3) is 0.353. The van der Waals surface area contributed by atoms with E-state index in [1.807, 2.05) is 18.2 Å². The average Bonchev–Trinajstić information content (AvgIpc) is 2.83. The number of amides is 1. The van der Waals surface area contributed by atoms with Crippen LogP contribution in [0.1, 0.15) is 32.5 Å². The van der Waals surface area contributed by atoms with E-state index in [1.165, 1.54) is 20.9 Å². The van der Waals surface area contributed by atoms with Crippen LogP contribution in [0, 0.1) is 13.8 Å². The quantitative estimate of drug-likeness (QED) is 0.915. The summed E-state index contributed by atoms with van der Waals surface area (Å²) in [4.78, 5) is 15.0. The summed E-state index contributed by atoms with van der Waals surface area (Å²) in [7, 11) is 0. The van der Waals surface area contributed by atoms with Gasteiger partial charge in [-0.25, -0.2) is 0 Å². The normalized spacial score (nSPS) is 17.3. The number of hydrogen-bond acceptors (Lipinski definition) is 3. The molecule has 1 atom stereocenters. The van der Waals surface area contributed by atoms with E-state index >= 15 is 0 Å². The third-order valence-corrected chi connectivity index (χ3v) is 5.18. The van der Waals surface area contributed by atoms with Gasteiger partial charge in [-0.3, -0.25) is 4.79 Å². The molecule has 0 saturated heterocycles. The third kappa shape index (κ3) is 3.01. The number of carbonyl (C=O) groups is 1. The first-order valence-corrected chi connectivity index (χ1v) is 8.11. The van der Waals surface area contributed by atoms with Crippen LogP contribution >= 0.6 is 11.3 Å². The van der Waals surface area contributed by atoms with Gasteiger partial charge in [0.05, 0.1) is 6.54 Å². The Morgan fingerprint density at radius 3 is 2.95 bits per heavy atom. The first-order valence-electron chi connectivity index (χ1n) is 7.30. The van der Waals surface area contributed by atoms with Crippen molar-refractivity contribution in [3.8, 4) is 0 Å². The molecule has 1 amide bonds. The predicted octanol–water partition coefficient (Wildman–Crippen LogP) is 2.87. The fourth-order valence-electron chi connectivity index (χ4n) is 2.75. The summed E-state index contributed by atoms with van der Waals surface area (Å²) in [6, 6.07) is 10.1. The Morgan fingerprint density at radius 2 is 2.19 bits per heavy atom. The zero-order valence-corrected chi connectivity index (χ0v) is 13.2. The zero-order chi connectivity index (χ0) is 14.8. The first kappa shape index (κ1) is 14.3. The van der Waals surface area contributed by atoms with Crippen molar-refractivity contribution in [3.05, 3.63) is 56.8 Å². The maximum absolute atomic E-state index is 12.5. The van der Waals surface area contributed by atoms with Gasteiger partial charge in [-0.05, 0) is 43.0 Å². The molecule has 110 valence electrons. The molecule has 0 bridgehead atoms. The molecule has 2 aromatic rings. The van der Waals surface area contributed by atoms with E-state index in [0.717, 1.165) is 18.5 Å². The van der Waals surface area contributed by atoms with Gasteiger partial charge >= 0.3 is 0 Å². The molecule has 0 aliphatic carbocycles. The summed E-state index contributed by atoms with van der Waals surface area (Å²) in [5.74, 6) is 0.0610. The van der Waals surface area contributed by atoms with Crippen LogP contribution in [0.4, 0.5) is 0 Å². The standard InChI is InChI=1S/C17H20N2OS/c1-11-9-14(21-12(11)2)10-19-17(20)16-15-6-4-3-5-13(15)7-8-18-16/h3-6,9,16,18H,7-8,10H2,1-2H3,(H,19,20). The van der Waals surface area contributed by atoms with Crippen LogP contribution in [0.25, 0.3) is 0 Å². The maximum atomic E-state index is 12.5. The molecule has 1 aliphatic rings. The Labute approximate surface area is 129 Å². The molecule has 0 spiro atoms. The molecule has 1 unspecified atom stereocenters. The van der Waals surface area contributed by atoms with Crippen LogP contribution in [0.5, 0.6) is 0 Å². The third-order valence-electron chi connectivity index (χ3n) is 4.02. The van der Waals surface area contributed by atoms with Crippen molar-refractivity contribution in [2.75, 3.05) is 6.54 Å². The molecular formula is C17H20N2OS. The Kier molecular flexibility index (Phi) is 4.08. The Bertz CT molecular complexity index is 643. The summed E-state index contributed by atoms with van der Waals surface area (Å²) in [5.41, 5.74) is 3.68. The minimum Gasteiger partial charge on any atom is -0.350 e. The molecule has 0 radical (unpaired) electrons. The van der Waals surface area contributed by atoms with Crippen LogP contribution in [0.2, 0.25) is 0 Å². The van der Waals surface area contributed by atoms with E-state index < -0.39 is 0 Å². The van der Waals surface area contributed by atoms with Crippen LogP contribution in [0.15, 0.2) is 30.3 Å². The van der Waals surface area contributed by atoms with Crippen molar-refractivity contribution in [1.82, 2.24) is 10.6 Å². The van der Waals surface area contributed by atoms with E-state index in [9.17, 15) is 4.79 Å². The lowest BCUT2D eigenvalue weighted by Gasteiger charge is -2.25. The van der Waals surface area contributed by atoms with Crippen molar-refractivity contribution >= 4 is 17.2 Å². The lowest BCUT2D eigenvalue weighted by molar-refractivity contribution is -0.123. The van der Waals surface area contributed by atoms with Crippen LogP contribution < -0.4 is 10.6 Å². The number of fused-ring (bicyclic) bond motifs is 1. The van der Waals surface area contributed by atoms with E-state index in [2.05, 4.69) is 36.6 Å². The van der Waals surface area contributed by atoms with Gasteiger partial charge < -0.3 is 10.6 Å². The number of rotatable bonds is 3. The van der Waals surface area contributed by atoms with Crippen LogP contribution in [-0.4, -0.2) is 12.5 Å². The van der Waals surface area contributed by atoms with Gasteiger partial charge in [0.15, 0.2) is 0 Å². The largest absolute Gasteiger partial charge is 0.350 e. The number of thiophene rings is 1. The highest BCUT2D eigenvalue weighted by atomic mass is 32.1. The topological polar surface area (TPSA) is 41.1 Å². The van der Waals surface area contributed by atoms with E-state index in [4.69, 9.17) is 0 Å². The molecule has 3 rings (SSSR count). The summed E-state index contributed by atoms with van der Waals surface area (Å²) in [5, 5.41) is 6.38. The number of nitrogens with one attached hydrogen (secondary N) is 2. The molecule has 0 fully saturated rings. The van der Waals surface area contributed by atoms with Gasteiger partial charge in [0.1, 0.15) is 6.04 Å². The molecular weight excluding hydrogens is 280 g/mol. The van der Waals surface area contributed by atoms with Crippen molar-refractivity contribution in [3.63, 3.8) is 0 Å². The lowest BCUT2D eigenvalue weighted by Crippen LogP contribution is -2.41. The highest BCUT2D eigenvalue weighted by Gasteiger charge is 2.25. The molecule has 4 heteroatoms. The van der Waals surface area contributed by atoms with Gasteiger partial charge in [0.2, 0.25) is 5.91 Å². The van der Waals surface area contributed by atoms with E-state index in [-0.39, 0.29) is 11.9 Å². The van der Waals surface area contributed by atoms with Gasteiger partial charge in [-0.2, -0.15) is 0 Å². The smallest absolute Gasteiger partial charge is 0.242 e. The lowest BCUT2D eigenvalue weighted by atomic mass is 9.94. The average molecular weight is 300 g/mol. The van der Waals surface area contributed by atoms with E-state index in [1.54, 1.807) is 11.3 Å². The summed E-state index contributed by atoms with van der Waals surface area (Å²) in [6.07, 6.45) is 0.989. The van der Waals surface area contributed by atoms with Gasteiger partial charge in [0.25, 0.3) is 0 Å². The van der Waals surface area contributed by atoms with Crippen molar-refractivity contribution in [2.45, 2.75) is 32.9 Å². The summed E-state index contributed by atoms with van der Waals surface area (Å²) in [6.45, 7) is 5.69. The highest BCUT2D eigenvalue weighted by Crippen LogP contribution is 2.24. The van der Waals surface area contributed by atoms with E-state index in [0.29, 0.717) is 6.54 Å². The number of hydrogen-bond donors (Lipinski definition) is 2. The maximum Gasteiger partial charge on any atom is 0.242 e. The number of aryl methyl sites for hydroxylation is 2. The van der Waals surface area contributed by atoms with Gasteiger partial charge in [-0.15, -0.1) is 11.3 Å². The first-order chi connectivity index (χ1) is 10.1. The SMILES string of the molecule is Cc1cc(CNC(=O)C2NCCc3ccccc32)sc1C. The number of carbonyl (C=O) groups excluding carboxylic acids is 1. The van der Waals surface area contributed by atoms with Crippen molar-refractivity contribution in [2.24, 2.45) is 0 Å². The molecule has 2 N–H and O–H groups in total. The number of benzene rings is 1. The molecule has 1 aliphatic heterocycles. The second-order valence-corrected chi connectivity index (χ2v) is 6.85. The minimum absolute atomic E-state index is 0.0610. The molecule has 1 aromatic heterocycles. The highest BCUT2D eigenvalue weighted by molar-refractivity contribution is 7.12. The molecule has 3 nitrogen and oxygen atoms in total. The van der Waals surface area contributed by atoms with Crippen molar-refractivity contribution in [1.29, 1.82) is 0 Å². The fourth-order valence-corrected chi connectivity index (χ4v) is 3.74. The molecule has 0 saturated carbocycles. The summed E-state index contributed by atoms with van der Waals surface area (Å²) < 4.78 is 0.